The fraction of sp³-hybridized carbons (Fsp3) is 0.750. The summed E-state index contributed by atoms with van der Waals surface area (Å²) in [7, 11) is 1.83. The Bertz CT molecular complexity index is 536. The summed E-state index contributed by atoms with van der Waals surface area (Å²) < 4.78 is 5.73. The standard InChI is InChI=1S/C16H26N4O2S/c1-11-8-20(9-12(2)22-11)7-6-19(3)16(21)18-15-17-14(10-23-15)13-4-5-13/h10-13H,4-9H2,1-3H3,(H,17,18,21)/t11-,12+. The molecule has 7 heteroatoms. The molecule has 0 spiro atoms. The van der Waals surface area contributed by atoms with Gasteiger partial charge in [0, 0.05) is 44.5 Å². The van der Waals surface area contributed by atoms with Gasteiger partial charge in [-0.1, -0.05) is 0 Å². The third-order valence-electron chi connectivity index (χ3n) is 4.33. The Kier molecular flexibility index (Phi) is 5.18. The molecule has 1 aromatic heterocycles. The number of hydrogen-bond acceptors (Lipinski definition) is 5. The van der Waals surface area contributed by atoms with E-state index >= 15 is 0 Å². The molecule has 3 rings (SSSR count). The van der Waals surface area contributed by atoms with Crippen LogP contribution in [0.25, 0.3) is 0 Å². The third kappa shape index (κ3) is 4.65. The van der Waals surface area contributed by atoms with Gasteiger partial charge in [0.2, 0.25) is 0 Å². The summed E-state index contributed by atoms with van der Waals surface area (Å²) in [6.07, 6.45) is 2.98. The van der Waals surface area contributed by atoms with Crippen LogP contribution in [0.2, 0.25) is 0 Å². The average Bonchev–Trinajstić information content (AvgIpc) is 3.24. The molecule has 0 aromatic carbocycles. The number of ether oxygens (including phenoxy) is 1. The Hall–Kier alpha value is -1.18. The molecule has 0 radical (unpaired) electrons. The lowest BCUT2D eigenvalue weighted by molar-refractivity contribution is -0.0684. The Morgan fingerprint density at radius 2 is 2.13 bits per heavy atom. The summed E-state index contributed by atoms with van der Waals surface area (Å²) in [5.74, 6) is 0.625. The second-order valence-electron chi connectivity index (χ2n) is 6.72. The maximum absolute atomic E-state index is 12.2. The normalized spacial score (nSPS) is 25.3. The third-order valence-corrected chi connectivity index (χ3v) is 5.10. The monoisotopic (exact) mass is 338 g/mol. The molecule has 1 N–H and O–H groups in total. The van der Waals surface area contributed by atoms with Gasteiger partial charge in [-0.3, -0.25) is 10.2 Å². The fourth-order valence-corrected chi connectivity index (χ4v) is 3.74. The van der Waals surface area contributed by atoms with Gasteiger partial charge in [0.05, 0.1) is 17.9 Å². The number of carbonyl (C=O) groups is 1. The molecule has 1 aliphatic carbocycles. The van der Waals surface area contributed by atoms with E-state index in [-0.39, 0.29) is 18.2 Å². The van der Waals surface area contributed by atoms with Crippen LogP contribution in [0.4, 0.5) is 9.93 Å². The summed E-state index contributed by atoms with van der Waals surface area (Å²) in [6.45, 7) is 7.62. The largest absolute Gasteiger partial charge is 0.373 e. The van der Waals surface area contributed by atoms with Gasteiger partial charge in [0.25, 0.3) is 0 Å². The van der Waals surface area contributed by atoms with E-state index < -0.39 is 0 Å². The van der Waals surface area contributed by atoms with Crippen LogP contribution >= 0.6 is 11.3 Å². The Balaban J connectivity index is 1.43. The highest BCUT2D eigenvalue weighted by molar-refractivity contribution is 7.13. The van der Waals surface area contributed by atoms with E-state index in [0.29, 0.717) is 17.6 Å². The van der Waals surface area contributed by atoms with Crippen molar-refractivity contribution in [1.29, 1.82) is 0 Å². The van der Waals surface area contributed by atoms with Gasteiger partial charge in [-0.2, -0.15) is 0 Å². The first-order chi connectivity index (χ1) is 11.0. The SMILES string of the molecule is C[C@@H]1CN(CCN(C)C(=O)Nc2nc(C3CC3)cs2)C[C@H](C)O1. The molecule has 1 aromatic rings. The zero-order valence-electron chi connectivity index (χ0n) is 14.1. The van der Waals surface area contributed by atoms with Crippen LogP contribution in [0, 0.1) is 0 Å². The average molecular weight is 338 g/mol. The second-order valence-corrected chi connectivity index (χ2v) is 7.58. The van der Waals surface area contributed by atoms with Crippen LogP contribution in [-0.4, -0.2) is 66.2 Å². The number of morpholine rings is 1. The van der Waals surface area contributed by atoms with Crippen LogP contribution in [0.5, 0.6) is 0 Å². The van der Waals surface area contributed by atoms with E-state index in [0.717, 1.165) is 25.3 Å². The van der Waals surface area contributed by atoms with Crippen molar-refractivity contribution < 1.29 is 9.53 Å². The molecular weight excluding hydrogens is 312 g/mol. The van der Waals surface area contributed by atoms with Crippen molar-refractivity contribution in [2.24, 2.45) is 0 Å². The molecule has 0 unspecified atom stereocenters. The van der Waals surface area contributed by atoms with Crippen molar-refractivity contribution in [3.8, 4) is 0 Å². The first kappa shape index (κ1) is 16.7. The minimum atomic E-state index is -0.0870. The van der Waals surface area contributed by atoms with Gasteiger partial charge in [-0.15, -0.1) is 11.3 Å². The Morgan fingerprint density at radius 1 is 1.43 bits per heavy atom. The molecule has 0 bridgehead atoms. The lowest BCUT2D eigenvalue weighted by Gasteiger charge is -2.36. The van der Waals surface area contributed by atoms with Crippen molar-refractivity contribution in [1.82, 2.24) is 14.8 Å². The predicted octanol–water partition coefficient (Wildman–Crippen LogP) is 2.59. The molecular formula is C16H26N4O2S. The molecule has 2 aliphatic rings. The predicted molar refractivity (Wildman–Crippen MR) is 92.2 cm³/mol. The highest BCUT2D eigenvalue weighted by Crippen LogP contribution is 2.40. The van der Waals surface area contributed by atoms with Crippen LogP contribution < -0.4 is 5.32 Å². The number of likely N-dealkylation sites (N-methyl/N-ethyl adjacent to an activating group) is 1. The number of nitrogens with zero attached hydrogens (tertiary/aromatic N) is 3. The highest BCUT2D eigenvalue weighted by Gasteiger charge is 2.26. The number of hydrogen-bond donors (Lipinski definition) is 1. The van der Waals surface area contributed by atoms with Crippen LogP contribution in [0.1, 0.15) is 38.3 Å². The second kappa shape index (κ2) is 7.15. The number of aromatic nitrogens is 1. The summed E-state index contributed by atoms with van der Waals surface area (Å²) in [5.41, 5.74) is 1.13. The van der Waals surface area contributed by atoms with Crippen molar-refractivity contribution in [3.05, 3.63) is 11.1 Å². The van der Waals surface area contributed by atoms with E-state index in [1.165, 1.54) is 24.2 Å². The number of nitrogens with one attached hydrogen (secondary N) is 1. The van der Waals surface area contributed by atoms with Gasteiger partial charge in [0.1, 0.15) is 0 Å². The van der Waals surface area contributed by atoms with Crippen molar-refractivity contribution in [2.45, 2.75) is 44.8 Å². The highest BCUT2D eigenvalue weighted by atomic mass is 32.1. The zero-order chi connectivity index (χ0) is 16.4. The summed E-state index contributed by atoms with van der Waals surface area (Å²) in [5, 5.41) is 5.67. The summed E-state index contributed by atoms with van der Waals surface area (Å²) >= 11 is 1.51. The van der Waals surface area contributed by atoms with Crippen LogP contribution in [0.3, 0.4) is 0 Å². The fourth-order valence-electron chi connectivity index (χ4n) is 2.96. The van der Waals surface area contributed by atoms with Gasteiger partial charge in [0.15, 0.2) is 5.13 Å². The molecule has 2 heterocycles. The Labute approximate surface area is 141 Å². The summed E-state index contributed by atoms with van der Waals surface area (Å²) in [4.78, 5) is 20.8. The van der Waals surface area contributed by atoms with Gasteiger partial charge < -0.3 is 9.64 Å². The lowest BCUT2D eigenvalue weighted by atomic mass is 10.2. The quantitative estimate of drug-likeness (QED) is 0.896. The number of thiazole rings is 1. The lowest BCUT2D eigenvalue weighted by Crippen LogP contribution is -2.48. The minimum Gasteiger partial charge on any atom is -0.373 e. The molecule has 2 amide bonds. The van der Waals surface area contributed by atoms with Crippen molar-refractivity contribution in [3.63, 3.8) is 0 Å². The first-order valence-electron chi connectivity index (χ1n) is 8.36. The van der Waals surface area contributed by atoms with Gasteiger partial charge >= 0.3 is 6.03 Å². The molecule has 2 atom stereocenters. The van der Waals surface area contributed by atoms with E-state index in [1.54, 1.807) is 4.90 Å². The minimum absolute atomic E-state index is 0.0870. The number of carbonyl (C=O) groups excluding carboxylic acids is 1. The van der Waals surface area contributed by atoms with E-state index in [9.17, 15) is 4.79 Å². The number of amides is 2. The topological polar surface area (TPSA) is 57.7 Å². The van der Waals surface area contributed by atoms with Crippen molar-refractivity contribution in [2.75, 3.05) is 38.5 Å². The first-order valence-corrected chi connectivity index (χ1v) is 9.24. The maximum atomic E-state index is 12.2. The number of urea groups is 1. The van der Waals surface area contributed by atoms with E-state index in [1.807, 2.05) is 7.05 Å². The molecule has 1 saturated carbocycles. The van der Waals surface area contributed by atoms with Gasteiger partial charge in [-0.25, -0.2) is 9.78 Å². The van der Waals surface area contributed by atoms with Crippen molar-refractivity contribution >= 4 is 22.5 Å². The zero-order valence-corrected chi connectivity index (χ0v) is 14.9. The summed E-state index contributed by atoms with van der Waals surface area (Å²) in [6, 6.07) is -0.0870. The van der Waals surface area contributed by atoms with Gasteiger partial charge in [-0.05, 0) is 26.7 Å². The van der Waals surface area contributed by atoms with E-state index in [4.69, 9.17) is 4.74 Å². The molecule has 128 valence electrons. The molecule has 1 aliphatic heterocycles. The molecule has 1 saturated heterocycles. The molecule has 2 fully saturated rings. The van der Waals surface area contributed by atoms with E-state index in [2.05, 4.69) is 34.4 Å². The number of anilines is 1. The smallest absolute Gasteiger partial charge is 0.323 e. The van der Waals surface area contributed by atoms with Crippen LogP contribution in [-0.2, 0) is 4.74 Å². The molecule has 23 heavy (non-hydrogen) atoms. The number of rotatable bonds is 5. The van der Waals surface area contributed by atoms with Crippen LogP contribution in [0.15, 0.2) is 5.38 Å². The molecule has 6 nitrogen and oxygen atoms in total. The maximum Gasteiger partial charge on any atom is 0.323 e. The Morgan fingerprint density at radius 3 is 2.78 bits per heavy atom.